The molecule has 0 heterocycles. The minimum absolute atomic E-state index is 0.0130. The lowest BCUT2D eigenvalue weighted by atomic mass is 9.85. The second kappa shape index (κ2) is 5.87. The van der Waals surface area contributed by atoms with E-state index >= 15 is 0 Å². The maximum atomic E-state index is 10.9. The van der Waals surface area contributed by atoms with E-state index in [1.54, 1.807) is 0 Å². The summed E-state index contributed by atoms with van der Waals surface area (Å²) in [7, 11) is 0. The summed E-state index contributed by atoms with van der Waals surface area (Å²) in [6.45, 7) is 5.32. The molecule has 17 heavy (non-hydrogen) atoms. The van der Waals surface area contributed by atoms with Crippen LogP contribution in [0.15, 0.2) is 51.9 Å². The van der Waals surface area contributed by atoms with Crippen molar-refractivity contribution in [3.63, 3.8) is 0 Å². The molecule has 0 bridgehead atoms. The molecule has 0 saturated heterocycles. The molecule has 0 aromatic rings. The highest BCUT2D eigenvalue weighted by Gasteiger charge is 2.24. The van der Waals surface area contributed by atoms with Crippen LogP contribution < -0.4 is 0 Å². The van der Waals surface area contributed by atoms with Crippen molar-refractivity contribution in [1.82, 2.24) is 0 Å². The van der Waals surface area contributed by atoms with Crippen molar-refractivity contribution in [2.75, 3.05) is 0 Å². The Hall–Kier alpha value is -1.28. The summed E-state index contributed by atoms with van der Waals surface area (Å²) in [6.07, 6.45) is 5.42. The number of nitrogens with zero attached hydrogens (tertiary/aromatic N) is 1. The summed E-state index contributed by atoms with van der Waals surface area (Å²) < 4.78 is 0.0130. The molecule has 0 fully saturated rings. The van der Waals surface area contributed by atoms with Crippen molar-refractivity contribution >= 4 is 23.2 Å². The summed E-state index contributed by atoms with van der Waals surface area (Å²) >= 11 is 11.1. The SMILES string of the molecule is C=C/C(=C1/CC=CC(=C=C(Cl)Cl)C1C)[N+](=O)[O-]. The lowest BCUT2D eigenvalue weighted by Gasteiger charge is -2.18. The molecule has 0 saturated carbocycles. The van der Waals surface area contributed by atoms with Crippen molar-refractivity contribution in [2.45, 2.75) is 13.3 Å². The summed E-state index contributed by atoms with van der Waals surface area (Å²) in [6, 6.07) is 0. The van der Waals surface area contributed by atoms with Gasteiger partial charge in [0.1, 0.15) is 4.49 Å². The fourth-order valence-corrected chi connectivity index (χ4v) is 1.95. The van der Waals surface area contributed by atoms with Gasteiger partial charge in [-0.3, -0.25) is 10.1 Å². The van der Waals surface area contributed by atoms with Gasteiger partial charge in [-0.05, 0) is 6.42 Å². The van der Waals surface area contributed by atoms with Crippen LogP contribution in [0.5, 0.6) is 0 Å². The maximum Gasteiger partial charge on any atom is 0.268 e. The molecule has 1 unspecified atom stereocenters. The van der Waals surface area contributed by atoms with Crippen LogP contribution in [0.2, 0.25) is 0 Å². The second-order valence-corrected chi connectivity index (χ2v) is 4.49. The molecule has 0 spiro atoms. The summed E-state index contributed by atoms with van der Waals surface area (Å²) in [5, 5.41) is 10.9. The van der Waals surface area contributed by atoms with Crippen LogP contribution in [0.3, 0.4) is 0 Å². The average molecular weight is 272 g/mol. The van der Waals surface area contributed by atoms with Gasteiger partial charge in [0, 0.05) is 23.1 Å². The highest BCUT2D eigenvalue weighted by atomic mass is 35.5. The number of rotatable bonds is 2. The van der Waals surface area contributed by atoms with Crippen molar-refractivity contribution in [3.05, 3.63) is 62.0 Å². The van der Waals surface area contributed by atoms with E-state index in [0.717, 1.165) is 5.57 Å². The normalized spacial score (nSPS) is 21.8. The van der Waals surface area contributed by atoms with Crippen LogP contribution in [-0.2, 0) is 0 Å². The highest BCUT2D eigenvalue weighted by molar-refractivity contribution is 6.55. The van der Waals surface area contributed by atoms with Crippen LogP contribution in [-0.4, -0.2) is 4.92 Å². The zero-order valence-electron chi connectivity index (χ0n) is 9.24. The van der Waals surface area contributed by atoms with Gasteiger partial charge in [-0.1, -0.05) is 54.6 Å². The number of halogens is 2. The molecule has 1 aliphatic carbocycles. The molecule has 3 nitrogen and oxygen atoms in total. The van der Waals surface area contributed by atoms with Gasteiger partial charge in [0.25, 0.3) is 5.70 Å². The van der Waals surface area contributed by atoms with Gasteiger partial charge in [-0.15, -0.1) is 0 Å². The Morgan fingerprint density at radius 3 is 2.82 bits per heavy atom. The Balaban J connectivity index is 3.34. The zero-order chi connectivity index (χ0) is 13.0. The minimum Gasteiger partial charge on any atom is -0.258 e. The quantitative estimate of drug-likeness (QED) is 0.430. The Bertz CT molecular complexity index is 479. The van der Waals surface area contributed by atoms with Gasteiger partial charge in [-0.25, -0.2) is 0 Å². The highest BCUT2D eigenvalue weighted by Crippen LogP contribution is 2.31. The molecular weight excluding hydrogens is 261 g/mol. The second-order valence-electron chi connectivity index (χ2n) is 3.54. The molecule has 1 atom stereocenters. The van der Waals surface area contributed by atoms with E-state index in [-0.39, 0.29) is 16.1 Å². The molecule has 0 aliphatic heterocycles. The Morgan fingerprint density at radius 1 is 1.71 bits per heavy atom. The van der Waals surface area contributed by atoms with E-state index in [2.05, 4.69) is 12.3 Å². The largest absolute Gasteiger partial charge is 0.268 e. The third-order valence-corrected chi connectivity index (χ3v) is 2.77. The van der Waals surface area contributed by atoms with Gasteiger partial charge >= 0.3 is 0 Å². The molecule has 1 aliphatic rings. The van der Waals surface area contributed by atoms with E-state index < -0.39 is 4.92 Å². The average Bonchev–Trinajstić information content (AvgIpc) is 2.23. The van der Waals surface area contributed by atoms with Crippen molar-refractivity contribution in [2.24, 2.45) is 5.92 Å². The first-order valence-corrected chi connectivity index (χ1v) is 5.71. The molecule has 0 amide bonds. The van der Waals surface area contributed by atoms with Gasteiger partial charge in [0.15, 0.2) is 0 Å². The lowest BCUT2D eigenvalue weighted by Crippen LogP contribution is -2.11. The number of allylic oxidation sites excluding steroid dienone is 5. The summed E-state index contributed by atoms with van der Waals surface area (Å²) in [5.74, 6) is -0.147. The molecule has 5 heteroatoms. The van der Waals surface area contributed by atoms with Crippen molar-refractivity contribution in [1.29, 1.82) is 0 Å². The van der Waals surface area contributed by atoms with Crippen molar-refractivity contribution < 1.29 is 4.92 Å². The van der Waals surface area contributed by atoms with Crippen LogP contribution in [0.4, 0.5) is 0 Å². The summed E-state index contributed by atoms with van der Waals surface area (Å²) in [5.41, 5.74) is 4.21. The summed E-state index contributed by atoms with van der Waals surface area (Å²) in [4.78, 5) is 10.4. The van der Waals surface area contributed by atoms with Gasteiger partial charge in [0.05, 0.1) is 4.92 Å². The van der Waals surface area contributed by atoms with E-state index in [1.165, 1.54) is 6.08 Å². The predicted octanol–water partition coefficient (Wildman–Crippen LogP) is 4.14. The number of nitro groups is 1. The third kappa shape index (κ3) is 3.34. The topological polar surface area (TPSA) is 43.1 Å². The van der Waals surface area contributed by atoms with Crippen LogP contribution in [0.25, 0.3) is 0 Å². The number of hydrogen-bond donors (Lipinski definition) is 0. The Morgan fingerprint density at radius 2 is 2.35 bits per heavy atom. The lowest BCUT2D eigenvalue weighted by molar-refractivity contribution is -0.420. The van der Waals surface area contributed by atoms with Crippen molar-refractivity contribution in [3.8, 4) is 0 Å². The first-order valence-electron chi connectivity index (χ1n) is 4.95. The van der Waals surface area contributed by atoms with Gasteiger partial charge in [0.2, 0.25) is 0 Å². The van der Waals surface area contributed by atoms with E-state index in [4.69, 9.17) is 23.2 Å². The fourth-order valence-electron chi connectivity index (χ4n) is 1.73. The molecular formula is C12H11Cl2NO2. The maximum absolute atomic E-state index is 10.9. The van der Waals surface area contributed by atoms with Gasteiger partial charge in [-0.2, -0.15) is 0 Å². The monoisotopic (exact) mass is 271 g/mol. The van der Waals surface area contributed by atoms with E-state index in [9.17, 15) is 10.1 Å². The fraction of sp³-hybridized carbons (Fsp3) is 0.250. The van der Waals surface area contributed by atoms with Crippen LogP contribution in [0, 0.1) is 16.0 Å². The Labute approximate surface area is 110 Å². The molecule has 0 aromatic carbocycles. The van der Waals surface area contributed by atoms with E-state index in [0.29, 0.717) is 12.0 Å². The van der Waals surface area contributed by atoms with Crippen LogP contribution in [0.1, 0.15) is 13.3 Å². The first-order chi connectivity index (χ1) is 7.97. The molecule has 0 N–H and O–H groups in total. The molecule has 1 rings (SSSR count). The smallest absolute Gasteiger partial charge is 0.258 e. The van der Waals surface area contributed by atoms with Crippen LogP contribution >= 0.6 is 23.2 Å². The van der Waals surface area contributed by atoms with E-state index in [1.807, 2.05) is 19.1 Å². The molecule has 0 radical (unpaired) electrons. The number of hydrogen-bond acceptors (Lipinski definition) is 2. The Kier molecular flexibility index (Phi) is 4.76. The third-order valence-electron chi connectivity index (χ3n) is 2.58. The molecule has 0 aromatic heterocycles. The predicted molar refractivity (Wildman–Crippen MR) is 69.4 cm³/mol. The zero-order valence-corrected chi connectivity index (χ0v) is 10.8. The minimum atomic E-state index is -0.429. The van der Waals surface area contributed by atoms with Gasteiger partial charge < -0.3 is 0 Å². The standard InChI is InChI=1S/C12H11Cl2NO2/c1-3-11(15(16)17)10-6-4-5-9(8(10)2)7-12(13)14/h3-5,8H,1,6H2,2H3/b11-10+. The first kappa shape index (κ1) is 13.8. The molecule has 90 valence electrons.